The zero-order valence-electron chi connectivity index (χ0n) is 23.4. The summed E-state index contributed by atoms with van der Waals surface area (Å²) >= 11 is 0. The highest BCUT2D eigenvalue weighted by molar-refractivity contribution is 7.89. The number of rotatable bonds is 6. The second kappa shape index (κ2) is 13.0. The fraction of sp³-hybridized carbons (Fsp3) is 0.333. The molecule has 10 nitrogen and oxygen atoms in total. The molecule has 0 saturated heterocycles. The summed E-state index contributed by atoms with van der Waals surface area (Å²) in [5.41, 5.74) is 1.90. The van der Waals surface area contributed by atoms with Crippen LogP contribution < -0.4 is 14.8 Å². The second-order valence-corrected chi connectivity index (χ2v) is 11.8. The minimum atomic E-state index is -4.00. The Kier molecular flexibility index (Phi) is 9.50. The fourth-order valence-electron chi connectivity index (χ4n) is 4.37. The van der Waals surface area contributed by atoms with Gasteiger partial charge in [0.25, 0.3) is 0 Å². The van der Waals surface area contributed by atoms with Crippen LogP contribution in [0.5, 0.6) is 11.5 Å². The van der Waals surface area contributed by atoms with Crippen LogP contribution in [-0.2, 0) is 10.0 Å². The van der Waals surface area contributed by atoms with E-state index in [1.54, 1.807) is 82.0 Å². The minimum absolute atomic E-state index is 0.0207. The highest BCUT2D eigenvalue weighted by Crippen LogP contribution is 2.34. The minimum Gasteiger partial charge on any atom is -0.497 e. The van der Waals surface area contributed by atoms with Gasteiger partial charge in [0.15, 0.2) is 0 Å². The molecule has 0 spiro atoms. The van der Waals surface area contributed by atoms with Crippen molar-refractivity contribution in [3.63, 3.8) is 0 Å². The molecule has 2 N–H and O–H groups in total. The molecule has 0 saturated carbocycles. The van der Waals surface area contributed by atoms with Crippen molar-refractivity contribution in [3.8, 4) is 23.3 Å². The van der Waals surface area contributed by atoms with Gasteiger partial charge in [-0.15, -0.1) is 0 Å². The molecule has 3 atom stereocenters. The molecule has 41 heavy (non-hydrogen) atoms. The third kappa shape index (κ3) is 7.16. The molecular weight excluding hydrogens is 544 g/mol. The molecule has 1 aliphatic heterocycles. The summed E-state index contributed by atoms with van der Waals surface area (Å²) in [6, 6.07) is 14.3. The van der Waals surface area contributed by atoms with Crippen LogP contribution >= 0.6 is 0 Å². The van der Waals surface area contributed by atoms with Crippen LogP contribution in [0.25, 0.3) is 0 Å². The van der Waals surface area contributed by atoms with Gasteiger partial charge in [-0.05, 0) is 49.4 Å². The zero-order valence-corrected chi connectivity index (χ0v) is 24.3. The monoisotopic (exact) mass is 578 g/mol. The van der Waals surface area contributed by atoms with Gasteiger partial charge in [-0.3, -0.25) is 4.98 Å². The Morgan fingerprint density at radius 2 is 1.93 bits per heavy atom. The van der Waals surface area contributed by atoms with Crippen LogP contribution in [-0.4, -0.2) is 79.7 Å². The van der Waals surface area contributed by atoms with Crippen molar-refractivity contribution in [1.29, 1.82) is 0 Å². The van der Waals surface area contributed by atoms with E-state index in [0.29, 0.717) is 17.0 Å². The summed E-state index contributed by atoms with van der Waals surface area (Å²) in [4.78, 5) is 18.5. The number of anilines is 1. The molecule has 0 bridgehead atoms. The normalized spacial score (nSPS) is 18.8. The third-order valence-corrected chi connectivity index (χ3v) is 8.84. The van der Waals surface area contributed by atoms with Crippen LogP contribution in [0.1, 0.15) is 25.0 Å². The number of ether oxygens (including phenoxy) is 2. The van der Waals surface area contributed by atoms with Crippen molar-refractivity contribution >= 4 is 21.7 Å². The lowest BCUT2D eigenvalue weighted by molar-refractivity contribution is 0.0830. The van der Waals surface area contributed by atoms with E-state index in [1.165, 1.54) is 15.3 Å². The number of aliphatic hydroxyl groups excluding tert-OH is 1. The molecule has 0 unspecified atom stereocenters. The van der Waals surface area contributed by atoms with Gasteiger partial charge in [0.2, 0.25) is 10.0 Å². The molecule has 1 aromatic heterocycles. The van der Waals surface area contributed by atoms with Crippen molar-refractivity contribution in [2.75, 3.05) is 39.2 Å². The first-order chi connectivity index (χ1) is 19.6. The van der Waals surface area contributed by atoms with E-state index in [-0.39, 0.29) is 42.3 Å². The molecule has 0 radical (unpaired) electrons. The summed E-state index contributed by atoms with van der Waals surface area (Å²) < 4.78 is 40.3. The summed E-state index contributed by atoms with van der Waals surface area (Å²) in [6.45, 7) is 3.45. The van der Waals surface area contributed by atoms with Gasteiger partial charge in [0.1, 0.15) is 22.5 Å². The molecule has 2 amide bonds. The van der Waals surface area contributed by atoms with Crippen LogP contribution in [0.3, 0.4) is 0 Å². The predicted octanol–water partition coefficient (Wildman–Crippen LogP) is 3.42. The number of pyridine rings is 1. The molecule has 216 valence electrons. The number of carbonyl (C=O) groups is 1. The lowest BCUT2D eigenvalue weighted by Crippen LogP contribution is -2.50. The molecule has 0 fully saturated rings. The van der Waals surface area contributed by atoms with Crippen LogP contribution in [0, 0.1) is 17.8 Å². The molecule has 4 rings (SSSR count). The third-order valence-electron chi connectivity index (χ3n) is 6.82. The number of aromatic nitrogens is 1. The van der Waals surface area contributed by atoms with Crippen molar-refractivity contribution in [3.05, 3.63) is 78.1 Å². The Morgan fingerprint density at radius 1 is 1.20 bits per heavy atom. The zero-order chi connectivity index (χ0) is 29.6. The number of methoxy groups -OCH3 is 1. The van der Waals surface area contributed by atoms with Crippen molar-refractivity contribution in [2.45, 2.75) is 30.9 Å². The maximum Gasteiger partial charge on any atom is 0.321 e. The number of likely N-dealkylation sites (N-methyl/N-ethyl adjacent to an activating group) is 1. The van der Waals surface area contributed by atoms with Crippen LogP contribution in [0.4, 0.5) is 10.5 Å². The second-order valence-electron chi connectivity index (χ2n) is 9.93. The molecule has 0 aliphatic carbocycles. The number of sulfonamides is 1. The number of hydrogen-bond donors (Lipinski definition) is 2. The van der Waals surface area contributed by atoms with Crippen LogP contribution in [0.15, 0.2) is 71.9 Å². The summed E-state index contributed by atoms with van der Waals surface area (Å²) in [7, 11) is -0.802. The number of aliphatic hydroxyl groups is 1. The number of nitrogens with zero attached hydrogens (tertiary/aromatic N) is 3. The molecule has 2 heterocycles. The summed E-state index contributed by atoms with van der Waals surface area (Å²) in [5, 5.41) is 12.7. The number of carbonyl (C=O) groups excluding carboxylic acids is 1. The van der Waals surface area contributed by atoms with Gasteiger partial charge >= 0.3 is 6.03 Å². The standard InChI is InChI=1S/C30H34N4O6S/c1-21-18-34(22(2)20-35)41(37,38)29-11-10-24(9-8-23-12-14-31-15-13-23)16-27(29)40-28(21)19-33(3)30(36)32-25-6-5-7-26(17-25)39-4/h5-7,10-17,21-22,28,35H,18-20H2,1-4H3,(H,32,36)/t21-,22+,28-/m1/s1. The van der Waals surface area contributed by atoms with Gasteiger partial charge < -0.3 is 24.8 Å². The predicted molar refractivity (Wildman–Crippen MR) is 155 cm³/mol. The topological polar surface area (TPSA) is 121 Å². The van der Waals surface area contributed by atoms with E-state index in [0.717, 1.165) is 5.56 Å². The number of hydrogen-bond acceptors (Lipinski definition) is 7. The first-order valence-electron chi connectivity index (χ1n) is 13.1. The maximum atomic E-state index is 13.7. The number of urea groups is 1. The van der Waals surface area contributed by atoms with E-state index >= 15 is 0 Å². The Bertz CT molecular complexity index is 1540. The van der Waals surface area contributed by atoms with Crippen molar-refractivity contribution < 1.29 is 27.8 Å². The maximum absolute atomic E-state index is 13.7. The highest BCUT2D eigenvalue weighted by Gasteiger charge is 2.38. The van der Waals surface area contributed by atoms with Crippen molar-refractivity contribution in [1.82, 2.24) is 14.2 Å². The molecule has 2 aromatic carbocycles. The SMILES string of the molecule is COc1cccc(NC(=O)N(C)C[C@H]2Oc3cc(C#Cc4ccncc4)ccc3S(=O)(=O)N([C@@H](C)CO)C[C@H]2C)c1. The number of benzene rings is 2. The van der Waals surface area contributed by atoms with E-state index in [1.807, 2.05) is 6.92 Å². The van der Waals surface area contributed by atoms with Gasteiger partial charge in [-0.25, -0.2) is 13.2 Å². The van der Waals surface area contributed by atoms with E-state index < -0.39 is 22.2 Å². The quantitative estimate of drug-likeness (QED) is 0.430. The van der Waals surface area contributed by atoms with Gasteiger partial charge in [-0.1, -0.05) is 24.8 Å². The first-order valence-corrected chi connectivity index (χ1v) is 14.6. The Morgan fingerprint density at radius 3 is 2.63 bits per heavy atom. The van der Waals surface area contributed by atoms with E-state index in [9.17, 15) is 18.3 Å². The van der Waals surface area contributed by atoms with E-state index in [4.69, 9.17) is 9.47 Å². The van der Waals surface area contributed by atoms with Crippen LogP contribution in [0.2, 0.25) is 0 Å². The lowest BCUT2D eigenvalue weighted by atomic mass is 10.0. The van der Waals surface area contributed by atoms with Gasteiger partial charge in [-0.2, -0.15) is 4.31 Å². The first kappa shape index (κ1) is 29.9. The number of amides is 2. The van der Waals surface area contributed by atoms with Crippen molar-refractivity contribution in [2.24, 2.45) is 5.92 Å². The number of fused-ring (bicyclic) bond motifs is 1. The highest BCUT2D eigenvalue weighted by atomic mass is 32.2. The van der Waals surface area contributed by atoms with Gasteiger partial charge in [0.05, 0.1) is 20.3 Å². The Hall–Kier alpha value is -4.11. The molecule has 3 aromatic rings. The summed E-state index contributed by atoms with van der Waals surface area (Å²) in [5.74, 6) is 6.52. The lowest BCUT2D eigenvalue weighted by Gasteiger charge is -2.37. The average molecular weight is 579 g/mol. The average Bonchev–Trinajstić information content (AvgIpc) is 2.97. The molecule has 1 aliphatic rings. The molecular formula is C30H34N4O6S. The summed E-state index contributed by atoms with van der Waals surface area (Å²) in [6.07, 6.45) is 2.72. The largest absolute Gasteiger partial charge is 0.497 e. The fourth-order valence-corrected chi connectivity index (χ4v) is 6.20. The number of nitrogens with one attached hydrogen (secondary N) is 1. The molecule has 11 heteroatoms. The smallest absolute Gasteiger partial charge is 0.321 e. The Balaban J connectivity index is 1.65. The van der Waals surface area contributed by atoms with E-state index in [2.05, 4.69) is 22.1 Å². The Labute approximate surface area is 241 Å². The van der Waals surface area contributed by atoms with Gasteiger partial charge in [0, 0.05) is 60.8 Å².